The molecule has 0 heterocycles. The molecule has 0 saturated heterocycles. The molecule has 3 saturated carbocycles. The van der Waals surface area contributed by atoms with Gasteiger partial charge in [-0.25, -0.2) is 0 Å². The first kappa shape index (κ1) is 18.9. The summed E-state index contributed by atoms with van der Waals surface area (Å²) in [6.07, 6.45) is 9.23. The Morgan fingerprint density at radius 1 is 1.00 bits per heavy atom. The second-order valence-corrected chi connectivity index (χ2v) is 9.94. The molecular formula is C23H32O4. The van der Waals surface area contributed by atoms with Gasteiger partial charge in [0.25, 0.3) is 0 Å². The molecule has 0 aromatic rings. The summed E-state index contributed by atoms with van der Waals surface area (Å²) in [5.41, 5.74) is 0.266. The molecule has 0 bridgehead atoms. The number of esters is 1. The average Bonchev–Trinajstić information content (AvgIpc) is 2.89. The molecule has 4 aliphatic rings. The fraction of sp³-hybridized carbons (Fsp3) is 0.783. The molecule has 4 rings (SSSR count). The van der Waals surface area contributed by atoms with Crippen LogP contribution in [0, 0.1) is 28.6 Å². The van der Waals surface area contributed by atoms with Crippen molar-refractivity contribution >= 4 is 17.5 Å². The number of hydrogen-bond acceptors (Lipinski definition) is 4. The van der Waals surface area contributed by atoms with Crippen LogP contribution >= 0.6 is 0 Å². The van der Waals surface area contributed by atoms with E-state index in [1.165, 1.54) is 12.5 Å². The number of allylic oxidation sites excluding steroid dienone is 1. The van der Waals surface area contributed by atoms with Gasteiger partial charge in [0.1, 0.15) is 0 Å². The fourth-order valence-electron chi connectivity index (χ4n) is 7.62. The van der Waals surface area contributed by atoms with Crippen molar-refractivity contribution in [2.75, 3.05) is 0 Å². The summed E-state index contributed by atoms with van der Waals surface area (Å²) in [7, 11) is 0. The predicted octanol–water partition coefficient (Wildman–Crippen LogP) is 4.41. The highest BCUT2D eigenvalue weighted by molar-refractivity contribution is 5.91. The predicted molar refractivity (Wildman–Crippen MR) is 102 cm³/mol. The van der Waals surface area contributed by atoms with Gasteiger partial charge in [0.15, 0.2) is 17.2 Å². The summed E-state index contributed by atoms with van der Waals surface area (Å²) in [6, 6.07) is 0. The van der Waals surface area contributed by atoms with Gasteiger partial charge in [-0.3, -0.25) is 14.4 Å². The average molecular weight is 373 g/mol. The Kier molecular flexibility index (Phi) is 4.21. The molecule has 6 atom stereocenters. The minimum absolute atomic E-state index is 0.00650. The number of rotatable bonds is 2. The maximum absolute atomic E-state index is 12.7. The van der Waals surface area contributed by atoms with Crippen LogP contribution in [0.5, 0.6) is 0 Å². The van der Waals surface area contributed by atoms with Crippen LogP contribution in [0.4, 0.5) is 0 Å². The van der Waals surface area contributed by atoms with Gasteiger partial charge in [0.05, 0.1) is 0 Å². The number of ketones is 2. The first-order valence-electron chi connectivity index (χ1n) is 10.6. The summed E-state index contributed by atoms with van der Waals surface area (Å²) in [6.45, 7) is 7.58. The Balaban J connectivity index is 1.70. The highest BCUT2D eigenvalue weighted by atomic mass is 16.6. The van der Waals surface area contributed by atoms with E-state index in [0.717, 1.165) is 38.5 Å². The molecule has 0 N–H and O–H groups in total. The lowest BCUT2D eigenvalue weighted by molar-refractivity contribution is -0.187. The molecule has 4 nitrogen and oxygen atoms in total. The number of carbonyl (C=O) groups excluding carboxylic acids is 3. The van der Waals surface area contributed by atoms with Crippen molar-refractivity contribution in [3.05, 3.63) is 11.6 Å². The molecule has 0 radical (unpaired) electrons. The van der Waals surface area contributed by atoms with E-state index in [1.807, 2.05) is 6.08 Å². The number of fused-ring (bicyclic) bond motifs is 5. The lowest BCUT2D eigenvalue weighted by Gasteiger charge is -2.59. The number of hydrogen-bond donors (Lipinski definition) is 0. The van der Waals surface area contributed by atoms with E-state index in [-0.39, 0.29) is 28.4 Å². The highest BCUT2D eigenvalue weighted by Gasteiger charge is 2.67. The molecule has 148 valence electrons. The molecule has 0 spiro atoms. The van der Waals surface area contributed by atoms with Crippen LogP contribution in [0.25, 0.3) is 0 Å². The van der Waals surface area contributed by atoms with E-state index < -0.39 is 5.60 Å². The van der Waals surface area contributed by atoms with Gasteiger partial charge in [-0.15, -0.1) is 0 Å². The monoisotopic (exact) mass is 372 g/mol. The van der Waals surface area contributed by atoms with Crippen molar-refractivity contribution in [2.24, 2.45) is 28.6 Å². The quantitative estimate of drug-likeness (QED) is 0.674. The topological polar surface area (TPSA) is 60.4 Å². The van der Waals surface area contributed by atoms with Crippen molar-refractivity contribution in [3.63, 3.8) is 0 Å². The number of carbonyl (C=O) groups is 3. The zero-order valence-corrected chi connectivity index (χ0v) is 17.1. The van der Waals surface area contributed by atoms with Crippen LogP contribution in [-0.2, 0) is 19.1 Å². The van der Waals surface area contributed by atoms with E-state index >= 15 is 0 Å². The summed E-state index contributed by atoms with van der Waals surface area (Å²) in [5, 5.41) is 0. The Morgan fingerprint density at radius 3 is 2.37 bits per heavy atom. The van der Waals surface area contributed by atoms with Crippen LogP contribution in [0.1, 0.15) is 79.1 Å². The van der Waals surface area contributed by atoms with Crippen molar-refractivity contribution in [3.8, 4) is 0 Å². The molecule has 0 amide bonds. The third-order valence-electron chi connectivity index (χ3n) is 8.97. The molecule has 0 unspecified atom stereocenters. The summed E-state index contributed by atoms with van der Waals surface area (Å²) in [4.78, 5) is 36.5. The Morgan fingerprint density at radius 2 is 1.70 bits per heavy atom. The molecule has 4 aliphatic carbocycles. The number of ether oxygens (including phenoxy) is 1. The zero-order valence-electron chi connectivity index (χ0n) is 17.1. The molecule has 0 aromatic carbocycles. The SMILES string of the molecule is CC(=O)O[C@@]1(C(C)=O)CC[C@H]2[C@@H]3CCC4=CC(=O)CC[C@]4(C)[C@H]3CC[C@@]21C. The van der Waals surface area contributed by atoms with Crippen LogP contribution in [0.3, 0.4) is 0 Å². The third-order valence-corrected chi connectivity index (χ3v) is 8.97. The molecule has 3 fully saturated rings. The maximum Gasteiger partial charge on any atom is 0.303 e. The van der Waals surface area contributed by atoms with Crippen LogP contribution in [0.2, 0.25) is 0 Å². The normalized spacial score (nSPS) is 46.0. The van der Waals surface area contributed by atoms with Gasteiger partial charge < -0.3 is 4.74 Å². The van der Waals surface area contributed by atoms with Gasteiger partial charge >= 0.3 is 5.97 Å². The van der Waals surface area contributed by atoms with Gasteiger partial charge in [0, 0.05) is 18.8 Å². The Hall–Kier alpha value is -1.45. The van der Waals surface area contributed by atoms with Gasteiger partial charge in [-0.05, 0) is 81.1 Å². The largest absolute Gasteiger partial charge is 0.451 e. The van der Waals surface area contributed by atoms with Gasteiger partial charge in [0.2, 0.25) is 0 Å². The van der Waals surface area contributed by atoms with E-state index in [4.69, 9.17) is 4.74 Å². The van der Waals surface area contributed by atoms with Crippen LogP contribution in [0.15, 0.2) is 11.6 Å². The zero-order chi connectivity index (χ0) is 19.6. The van der Waals surface area contributed by atoms with Crippen molar-refractivity contribution in [1.82, 2.24) is 0 Å². The maximum atomic E-state index is 12.7. The molecular weight excluding hydrogens is 340 g/mol. The van der Waals surface area contributed by atoms with Crippen molar-refractivity contribution in [1.29, 1.82) is 0 Å². The van der Waals surface area contributed by atoms with Gasteiger partial charge in [-0.2, -0.15) is 0 Å². The first-order valence-corrected chi connectivity index (χ1v) is 10.6. The Bertz CT molecular complexity index is 737. The minimum Gasteiger partial charge on any atom is -0.451 e. The molecule has 27 heavy (non-hydrogen) atoms. The van der Waals surface area contributed by atoms with Crippen LogP contribution < -0.4 is 0 Å². The minimum atomic E-state index is -0.950. The Labute approximate surface area is 162 Å². The van der Waals surface area contributed by atoms with Gasteiger partial charge in [-0.1, -0.05) is 19.4 Å². The van der Waals surface area contributed by atoms with E-state index in [0.29, 0.717) is 30.6 Å². The van der Waals surface area contributed by atoms with E-state index in [9.17, 15) is 14.4 Å². The third kappa shape index (κ3) is 2.44. The standard InChI is InChI=1S/C23H32O4/c1-14(24)23(27-15(2)25)12-9-20-18-6-5-16-13-17(26)7-10-21(16,3)19(18)8-11-22(20,23)4/h13,18-20H,5-12H2,1-4H3/t18-,19+,20+,21+,22+,23-/m1/s1. The lowest BCUT2D eigenvalue weighted by atomic mass is 9.46. The summed E-state index contributed by atoms with van der Waals surface area (Å²) >= 11 is 0. The van der Waals surface area contributed by atoms with Crippen LogP contribution in [-0.4, -0.2) is 23.1 Å². The second kappa shape index (κ2) is 6.02. The van der Waals surface area contributed by atoms with E-state index in [1.54, 1.807) is 6.92 Å². The first-order chi connectivity index (χ1) is 12.6. The molecule has 0 aromatic heterocycles. The smallest absolute Gasteiger partial charge is 0.303 e. The molecule has 0 aliphatic heterocycles. The van der Waals surface area contributed by atoms with E-state index in [2.05, 4.69) is 13.8 Å². The molecule has 4 heteroatoms. The summed E-state index contributed by atoms with van der Waals surface area (Å²) < 4.78 is 5.81. The lowest BCUT2D eigenvalue weighted by Crippen LogP contribution is -2.58. The fourth-order valence-corrected chi connectivity index (χ4v) is 7.62. The summed E-state index contributed by atoms with van der Waals surface area (Å²) in [5.74, 6) is 1.48. The number of Topliss-reactive ketones (excluding diaryl/α,β-unsaturated/α-hetero) is 1. The van der Waals surface area contributed by atoms with Crippen molar-refractivity contribution < 1.29 is 19.1 Å². The highest BCUT2D eigenvalue weighted by Crippen LogP contribution is 2.68. The van der Waals surface area contributed by atoms with Crippen molar-refractivity contribution in [2.45, 2.75) is 84.7 Å². The second-order valence-electron chi connectivity index (χ2n) is 9.94.